The van der Waals surface area contributed by atoms with Crippen LogP contribution in [0, 0.1) is 5.92 Å². The number of hydrogen-bond acceptors (Lipinski definition) is 2. The van der Waals surface area contributed by atoms with Crippen molar-refractivity contribution in [3.63, 3.8) is 0 Å². The monoisotopic (exact) mass is 316 g/mol. The Morgan fingerprint density at radius 3 is 2.82 bits per heavy atom. The fourth-order valence-electron chi connectivity index (χ4n) is 1.77. The molecule has 0 aromatic heterocycles. The van der Waals surface area contributed by atoms with Crippen molar-refractivity contribution < 1.29 is 9.53 Å². The fourth-order valence-corrected chi connectivity index (χ4v) is 2.80. The number of benzene rings is 1. The molecule has 1 aromatic rings. The summed E-state index contributed by atoms with van der Waals surface area (Å²) in [6, 6.07) is 5.63. The molecule has 0 radical (unpaired) electrons. The van der Waals surface area contributed by atoms with Gasteiger partial charge in [0, 0.05) is 5.92 Å². The number of halogens is 2. The average Bonchev–Trinajstić information content (AvgIpc) is 3.12. The summed E-state index contributed by atoms with van der Waals surface area (Å²) >= 11 is 9.50. The fraction of sp³-hybridized carbons (Fsp3) is 0.462. The van der Waals surface area contributed by atoms with E-state index in [1.165, 1.54) is 0 Å². The Balaban J connectivity index is 2.02. The average molecular weight is 318 g/mol. The highest BCUT2D eigenvalue weighted by Gasteiger charge is 2.33. The van der Waals surface area contributed by atoms with Crippen molar-refractivity contribution in [2.75, 3.05) is 7.11 Å². The van der Waals surface area contributed by atoms with Crippen LogP contribution < -0.4 is 4.74 Å². The molecule has 1 aromatic carbocycles. The molecule has 0 bridgehead atoms. The van der Waals surface area contributed by atoms with Gasteiger partial charge in [0.05, 0.1) is 17.0 Å². The maximum Gasteiger partial charge on any atom is 0.149 e. The number of ether oxygens (including phenoxy) is 1. The van der Waals surface area contributed by atoms with E-state index in [2.05, 4.69) is 15.9 Å². The van der Waals surface area contributed by atoms with E-state index in [-0.39, 0.29) is 10.7 Å². The lowest BCUT2D eigenvalue weighted by molar-refractivity contribution is -0.119. The van der Waals surface area contributed by atoms with Gasteiger partial charge in [0.1, 0.15) is 11.5 Å². The molecule has 1 atom stereocenters. The molecule has 0 heterocycles. The summed E-state index contributed by atoms with van der Waals surface area (Å²) in [6.07, 6.45) is 2.77. The molecule has 92 valence electrons. The standard InChI is InChI=1S/C13H14BrClO2/c1-17-12-5-2-8(7-11(12)15)6-10(14)13(16)9-3-4-9/h2,5,7,9-10H,3-4,6H2,1H3. The zero-order valence-corrected chi connectivity index (χ0v) is 11.9. The van der Waals surface area contributed by atoms with Gasteiger partial charge < -0.3 is 4.74 Å². The van der Waals surface area contributed by atoms with E-state index in [1.807, 2.05) is 18.2 Å². The van der Waals surface area contributed by atoms with Gasteiger partial charge in [0.25, 0.3) is 0 Å². The van der Waals surface area contributed by atoms with E-state index >= 15 is 0 Å². The Hall–Kier alpha value is -0.540. The van der Waals surface area contributed by atoms with Crippen LogP contribution >= 0.6 is 27.5 Å². The van der Waals surface area contributed by atoms with Gasteiger partial charge in [-0.2, -0.15) is 0 Å². The molecule has 0 N–H and O–H groups in total. The molecule has 0 amide bonds. The van der Waals surface area contributed by atoms with Crippen molar-refractivity contribution in [2.45, 2.75) is 24.1 Å². The van der Waals surface area contributed by atoms with Gasteiger partial charge in [-0.1, -0.05) is 33.6 Å². The second-order valence-electron chi connectivity index (χ2n) is 4.32. The van der Waals surface area contributed by atoms with Crippen LogP contribution in [-0.4, -0.2) is 17.7 Å². The second kappa shape index (κ2) is 5.40. The molecule has 0 saturated heterocycles. The van der Waals surface area contributed by atoms with Crippen molar-refractivity contribution in [2.24, 2.45) is 5.92 Å². The van der Waals surface area contributed by atoms with Gasteiger partial charge in [-0.25, -0.2) is 0 Å². The van der Waals surface area contributed by atoms with E-state index in [9.17, 15) is 4.79 Å². The lowest BCUT2D eigenvalue weighted by Gasteiger charge is -2.10. The van der Waals surface area contributed by atoms with E-state index in [1.54, 1.807) is 7.11 Å². The molecular formula is C13H14BrClO2. The van der Waals surface area contributed by atoms with Gasteiger partial charge in [0.15, 0.2) is 0 Å². The molecule has 1 saturated carbocycles. The van der Waals surface area contributed by atoms with Gasteiger partial charge in [-0.05, 0) is 37.0 Å². The predicted octanol–water partition coefficient (Wildman–Crippen LogP) is 3.63. The summed E-state index contributed by atoms with van der Waals surface area (Å²) in [5, 5.41) is 0.587. The third-order valence-electron chi connectivity index (χ3n) is 2.92. The van der Waals surface area contributed by atoms with Crippen molar-refractivity contribution in [1.82, 2.24) is 0 Å². The predicted molar refractivity (Wildman–Crippen MR) is 72.2 cm³/mol. The third-order valence-corrected chi connectivity index (χ3v) is 3.99. The number of rotatable bonds is 5. The van der Waals surface area contributed by atoms with Crippen LogP contribution in [0.25, 0.3) is 0 Å². The van der Waals surface area contributed by atoms with Crippen LogP contribution in [0.4, 0.5) is 0 Å². The largest absolute Gasteiger partial charge is 0.495 e. The van der Waals surface area contributed by atoms with Gasteiger partial charge in [-0.15, -0.1) is 0 Å². The van der Waals surface area contributed by atoms with Gasteiger partial charge in [0.2, 0.25) is 0 Å². The number of carbonyl (C=O) groups is 1. The molecule has 2 nitrogen and oxygen atoms in total. The van der Waals surface area contributed by atoms with Gasteiger partial charge >= 0.3 is 0 Å². The summed E-state index contributed by atoms with van der Waals surface area (Å²) in [6.45, 7) is 0. The molecule has 4 heteroatoms. The normalized spacial score (nSPS) is 16.6. The SMILES string of the molecule is COc1ccc(CC(Br)C(=O)C2CC2)cc1Cl. The van der Waals surface area contributed by atoms with E-state index in [4.69, 9.17) is 16.3 Å². The first kappa shape index (κ1) is 12.9. The highest BCUT2D eigenvalue weighted by molar-refractivity contribution is 9.10. The van der Waals surface area contributed by atoms with Crippen LogP contribution in [0.2, 0.25) is 5.02 Å². The van der Waals surface area contributed by atoms with Crippen LogP contribution in [0.3, 0.4) is 0 Å². The second-order valence-corrected chi connectivity index (χ2v) is 5.83. The number of hydrogen-bond donors (Lipinski definition) is 0. The molecule has 0 aliphatic heterocycles. The number of ketones is 1. The van der Waals surface area contributed by atoms with E-state index < -0.39 is 0 Å². The smallest absolute Gasteiger partial charge is 0.149 e. The first-order valence-electron chi connectivity index (χ1n) is 5.62. The van der Waals surface area contributed by atoms with Crippen LogP contribution in [-0.2, 0) is 11.2 Å². The maximum absolute atomic E-state index is 11.8. The summed E-state index contributed by atoms with van der Waals surface area (Å²) in [7, 11) is 1.59. The molecule has 0 spiro atoms. The number of Topliss-reactive ketones (excluding diaryl/α,β-unsaturated/α-hetero) is 1. The van der Waals surface area contributed by atoms with Crippen molar-refractivity contribution >= 4 is 33.3 Å². The van der Waals surface area contributed by atoms with Crippen molar-refractivity contribution in [1.29, 1.82) is 0 Å². The summed E-state index contributed by atoms with van der Waals surface area (Å²) in [5.74, 6) is 1.26. The van der Waals surface area contributed by atoms with Crippen LogP contribution in [0.1, 0.15) is 18.4 Å². The zero-order chi connectivity index (χ0) is 12.4. The maximum atomic E-state index is 11.8. The summed E-state index contributed by atoms with van der Waals surface area (Å²) in [5.41, 5.74) is 1.05. The molecule has 1 fully saturated rings. The molecule has 1 aliphatic rings. The Bertz CT molecular complexity index is 429. The minimum Gasteiger partial charge on any atom is -0.495 e. The Kier molecular flexibility index (Phi) is 4.10. The Morgan fingerprint density at radius 2 is 2.29 bits per heavy atom. The first-order chi connectivity index (χ1) is 8.11. The number of carbonyl (C=O) groups excluding carboxylic acids is 1. The first-order valence-corrected chi connectivity index (χ1v) is 6.91. The molecule has 1 aliphatic carbocycles. The molecule has 17 heavy (non-hydrogen) atoms. The Morgan fingerprint density at radius 1 is 1.59 bits per heavy atom. The molecule has 2 rings (SSSR count). The van der Waals surface area contributed by atoms with Crippen molar-refractivity contribution in [3.05, 3.63) is 28.8 Å². The number of methoxy groups -OCH3 is 1. The van der Waals surface area contributed by atoms with Crippen molar-refractivity contribution in [3.8, 4) is 5.75 Å². The van der Waals surface area contributed by atoms with E-state index in [0.717, 1.165) is 18.4 Å². The van der Waals surface area contributed by atoms with Crippen LogP contribution in [0.5, 0.6) is 5.75 Å². The Labute approximate surface area is 114 Å². The third kappa shape index (κ3) is 3.23. The molecular weight excluding hydrogens is 303 g/mol. The molecule has 1 unspecified atom stereocenters. The highest BCUT2D eigenvalue weighted by Crippen LogP contribution is 2.34. The summed E-state index contributed by atoms with van der Waals surface area (Å²) in [4.78, 5) is 11.7. The topological polar surface area (TPSA) is 26.3 Å². The minimum atomic E-state index is -0.0977. The van der Waals surface area contributed by atoms with E-state index in [0.29, 0.717) is 23.0 Å². The quantitative estimate of drug-likeness (QED) is 0.775. The van der Waals surface area contributed by atoms with Crippen LogP contribution in [0.15, 0.2) is 18.2 Å². The minimum absolute atomic E-state index is 0.0977. The summed E-state index contributed by atoms with van der Waals surface area (Å²) < 4.78 is 5.09. The van der Waals surface area contributed by atoms with Gasteiger partial charge in [-0.3, -0.25) is 4.79 Å². The number of alkyl halides is 1. The lowest BCUT2D eigenvalue weighted by atomic mass is 10.1. The lowest BCUT2D eigenvalue weighted by Crippen LogP contribution is -2.18. The highest BCUT2D eigenvalue weighted by atomic mass is 79.9. The zero-order valence-electron chi connectivity index (χ0n) is 9.58.